The average Bonchev–Trinajstić information content (AvgIpc) is 2.96. The first-order valence-corrected chi connectivity index (χ1v) is 10.1. The van der Waals surface area contributed by atoms with E-state index in [1.54, 1.807) is 29.5 Å². The van der Waals surface area contributed by atoms with Crippen molar-refractivity contribution in [3.8, 4) is 0 Å². The molecule has 1 aliphatic rings. The highest BCUT2D eigenvalue weighted by Crippen LogP contribution is 2.27. The molecule has 1 aromatic carbocycles. The number of benzene rings is 1. The number of esters is 1. The Morgan fingerprint density at radius 2 is 2.04 bits per heavy atom. The molecule has 8 heteroatoms. The fraction of sp³-hybridized carbons (Fsp3) is 0.450. The largest absolute Gasteiger partial charge is 0.466 e. The maximum atomic E-state index is 13.1. The molecule has 1 amide bonds. The van der Waals surface area contributed by atoms with Gasteiger partial charge in [-0.15, -0.1) is 0 Å². The third-order valence-electron chi connectivity index (χ3n) is 4.89. The Kier molecular flexibility index (Phi) is 6.62. The maximum absolute atomic E-state index is 13.1. The van der Waals surface area contributed by atoms with Crippen molar-refractivity contribution < 1.29 is 14.3 Å². The summed E-state index contributed by atoms with van der Waals surface area (Å²) < 4.78 is 6.69. The molecule has 1 atom stereocenters. The summed E-state index contributed by atoms with van der Waals surface area (Å²) in [6.45, 7) is 5.17. The predicted molar refractivity (Wildman–Crippen MR) is 108 cm³/mol. The number of hydrogen-bond acceptors (Lipinski definition) is 4. The first kappa shape index (κ1) is 20.7. The summed E-state index contributed by atoms with van der Waals surface area (Å²) in [6.07, 6.45) is 1.47. The highest BCUT2D eigenvalue weighted by molar-refractivity contribution is 6.33. The first-order valence-electron chi connectivity index (χ1n) is 9.34. The van der Waals surface area contributed by atoms with Crippen LogP contribution in [0.5, 0.6) is 0 Å². The molecular formula is C20H23Cl2N3O3. The van der Waals surface area contributed by atoms with E-state index in [4.69, 9.17) is 27.9 Å². The molecule has 2 heterocycles. The third-order valence-corrected chi connectivity index (χ3v) is 5.64. The van der Waals surface area contributed by atoms with Crippen molar-refractivity contribution in [3.63, 3.8) is 0 Å². The predicted octanol–water partition coefficient (Wildman–Crippen LogP) is 3.96. The van der Waals surface area contributed by atoms with Crippen molar-refractivity contribution in [2.75, 3.05) is 19.7 Å². The van der Waals surface area contributed by atoms with Gasteiger partial charge in [0.25, 0.3) is 5.91 Å². The summed E-state index contributed by atoms with van der Waals surface area (Å²) >= 11 is 12.7. The van der Waals surface area contributed by atoms with Gasteiger partial charge in [-0.05, 0) is 38.3 Å². The van der Waals surface area contributed by atoms with Crippen molar-refractivity contribution >= 4 is 35.1 Å². The van der Waals surface area contributed by atoms with Crippen molar-refractivity contribution in [1.82, 2.24) is 14.7 Å². The van der Waals surface area contributed by atoms with E-state index in [1.165, 1.54) is 0 Å². The Labute approximate surface area is 174 Å². The van der Waals surface area contributed by atoms with E-state index in [2.05, 4.69) is 5.10 Å². The van der Waals surface area contributed by atoms with Gasteiger partial charge >= 0.3 is 5.97 Å². The van der Waals surface area contributed by atoms with E-state index in [1.807, 2.05) is 18.2 Å². The Balaban J connectivity index is 1.79. The van der Waals surface area contributed by atoms with E-state index in [-0.39, 0.29) is 22.9 Å². The van der Waals surface area contributed by atoms with Crippen LogP contribution in [0.3, 0.4) is 0 Å². The van der Waals surface area contributed by atoms with Crippen LogP contribution in [-0.2, 0) is 16.1 Å². The smallest absolute Gasteiger partial charge is 0.310 e. The number of piperidine rings is 1. The second kappa shape index (κ2) is 8.97. The molecule has 0 radical (unpaired) electrons. The molecule has 1 unspecified atom stereocenters. The number of hydrogen-bond donors (Lipinski definition) is 0. The molecule has 1 saturated heterocycles. The van der Waals surface area contributed by atoms with E-state index in [9.17, 15) is 9.59 Å². The van der Waals surface area contributed by atoms with E-state index >= 15 is 0 Å². The van der Waals surface area contributed by atoms with Gasteiger partial charge in [0.1, 0.15) is 5.15 Å². The Morgan fingerprint density at radius 1 is 1.29 bits per heavy atom. The van der Waals surface area contributed by atoms with Crippen LogP contribution in [0.15, 0.2) is 24.3 Å². The molecule has 6 nitrogen and oxygen atoms in total. The molecule has 3 rings (SSSR count). The summed E-state index contributed by atoms with van der Waals surface area (Å²) in [4.78, 5) is 26.8. The standard InChI is InChI=1S/C20H23Cl2N3O3/c1-3-28-20(27)15-8-6-10-24(11-15)19(26)17-13(2)23-25(18(17)22)12-14-7-4-5-9-16(14)21/h4-5,7,9,15H,3,6,8,10-12H2,1-2H3. The Hall–Kier alpha value is -2.05. The number of rotatable bonds is 5. The lowest BCUT2D eigenvalue weighted by molar-refractivity contribution is -0.149. The molecule has 1 aromatic heterocycles. The summed E-state index contributed by atoms with van der Waals surface area (Å²) in [5, 5.41) is 5.33. The van der Waals surface area contributed by atoms with Crippen LogP contribution in [0.2, 0.25) is 10.2 Å². The van der Waals surface area contributed by atoms with Gasteiger partial charge in [-0.25, -0.2) is 4.68 Å². The first-order chi connectivity index (χ1) is 13.4. The summed E-state index contributed by atoms with van der Waals surface area (Å²) in [5.74, 6) is -0.756. The van der Waals surface area contributed by atoms with Crippen LogP contribution >= 0.6 is 23.2 Å². The summed E-state index contributed by atoms with van der Waals surface area (Å²) in [6, 6.07) is 7.44. The number of amides is 1. The van der Waals surface area contributed by atoms with Gasteiger partial charge in [0.2, 0.25) is 0 Å². The average molecular weight is 424 g/mol. The molecule has 28 heavy (non-hydrogen) atoms. The lowest BCUT2D eigenvalue weighted by Gasteiger charge is -2.31. The number of likely N-dealkylation sites (tertiary alicyclic amines) is 1. The Morgan fingerprint density at radius 3 is 2.75 bits per heavy atom. The van der Waals surface area contributed by atoms with Crippen LogP contribution in [0.25, 0.3) is 0 Å². The van der Waals surface area contributed by atoms with Crippen LogP contribution in [0, 0.1) is 12.8 Å². The number of carbonyl (C=O) groups excluding carboxylic acids is 2. The van der Waals surface area contributed by atoms with E-state index in [0.29, 0.717) is 42.5 Å². The summed E-state index contributed by atoms with van der Waals surface area (Å²) in [5.41, 5.74) is 1.80. The van der Waals surface area contributed by atoms with Crippen molar-refractivity contribution in [2.45, 2.75) is 33.2 Å². The van der Waals surface area contributed by atoms with Gasteiger partial charge in [-0.3, -0.25) is 9.59 Å². The number of aryl methyl sites for hydroxylation is 1. The van der Waals surface area contributed by atoms with Gasteiger partial charge < -0.3 is 9.64 Å². The molecule has 0 bridgehead atoms. The zero-order valence-electron chi connectivity index (χ0n) is 16.0. The molecule has 1 fully saturated rings. The minimum Gasteiger partial charge on any atom is -0.466 e. The normalized spacial score (nSPS) is 16.9. The van der Waals surface area contributed by atoms with Gasteiger partial charge in [0.05, 0.1) is 30.3 Å². The topological polar surface area (TPSA) is 64.4 Å². The van der Waals surface area contributed by atoms with Crippen molar-refractivity contribution in [1.29, 1.82) is 0 Å². The SMILES string of the molecule is CCOC(=O)C1CCCN(C(=O)c2c(C)nn(Cc3ccccc3Cl)c2Cl)C1. The quantitative estimate of drug-likeness (QED) is 0.682. The highest BCUT2D eigenvalue weighted by atomic mass is 35.5. The second-order valence-electron chi connectivity index (χ2n) is 6.84. The molecule has 0 spiro atoms. The lowest BCUT2D eigenvalue weighted by Crippen LogP contribution is -2.43. The molecular weight excluding hydrogens is 401 g/mol. The van der Waals surface area contributed by atoms with Crippen molar-refractivity contribution in [2.24, 2.45) is 5.92 Å². The fourth-order valence-electron chi connectivity index (χ4n) is 3.46. The number of nitrogens with zero attached hydrogens (tertiary/aromatic N) is 3. The third kappa shape index (κ3) is 4.33. The Bertz CT molecular complexity index is 882. The van der Waals surface area contributed by atoms with Crippen LogP contribution in [-0.4, -0.2) is 46.3 Å². The number of halogens is 2. The van der Waals surface area contributed by atoms with Gasteiger partial charge in [-0.2, -0.15) is 5.10 Å². The number of ether oxygens (including phenoxy) is 1. The molecule has 0 aliphatic carbocycles. The van der Waals surface area contributed by atoms with Gasteiger partial charge in [0.15, 0.2) is 0 Å². The maximum Gasteiger partial charge on any atom is 0.310 e. The van der Waals surface area contributed by atoms with Crippen LogP contribution in [0.4, 0.5) is 0 Å². The molecule has 2 aromatic rings. The molecule has 0 saturated carbocycles. The zero-order chi connectivity index (χ0) is 20.3. The van der Waals surface area contributed by atoms with E-state index in [0.717, 1.165) is 18.4 Å². The summed E-state index contributed by atoms with van der Waals surface area (Å²) in [7, 11) is 0. The number of carbonyl (C=O) groups is 2. The van der Waals surface area contributed by atoms with Gasteiger partial charge in [0, 0.05) is 18.1 Å². The minimum atomic E-state index is -0.296. The molecule has 0 N–H and O–H groups in total. The lowest BCUT2D eigenvalue weighted by atomic mass is 9.97. The van der Waals surface area contributed by atoms with Crippen LogP contribution < -0.4 is 0 Å². The fourth-order valence-corrected chi connectivity index (χ4v) is 3.97. The monoisotopic (exact) mass is 423 g/mol. The number of aromatic nitrogens is 2. The van der Waals surface area contributed by atoms with E-state index < -0.39 is 0 Å². The minimum absolute atomic E-state index is 0.207. The zero-order valence-corrected chi connectivity index (χ0v) is 17.5. The van der Waals surface area contributed by atoms with Gasteiger partial charge in [-0.1, -0.05) is 41.4 Å². The highest BCUT2D eigenvalue weighted by Gasteiger charge is 2.32. The van der Waals surface area contributed by atoms with Crippen molar-refractivity contribution in [3.05, 3.63) is 51.3 Å². The molecule has 1 aliphatic heterocycles. The molecule has 150 valence electrons. The van der Waals surface area contributed by atoms with Crippen LogP contribution in [0.1, 0.15) is 41.4 Å². The second-order valence-corrected chi connectivity index (χ2v) is 7.61.